The van der Waals surface area contributed by atoms with Gasteiger partial charge < -0.3 is 35.5 Å². The van der Waals surface area contributed by atoms with Crippen LogP contribution in [-0.4, -0.2) is 58.6 Å². The van der Waals surface area contributed by atoms with E-state index in [9.17, 15) is 0 Å². The molecule has 7 N–H and O–H groups in total. The normalized spacial score (nSPS) is 13.2. The molecular formula is C31H41BrN9O4+. The van der Waals surface area contributed by atoms with E-state index < -0.39 is 0 Å². The molecule has 0 amide bonds. The largest absolute Gasteiger partial charge is 0.493 e. The number of hydrogen-bond donors (Lipinski definition) is 6. The number of methoxy groups -OCH3 is 3. The van der Waals surface area contributed by atoms with E-state index in [0.29, 0.717) is 58.4 Å². The van der Waals surface area contributed by atoms with Crippen molar-refractivity contribution in [3.8, 4) is 17.2 Å². The molecule has 2 aromatic heterocycles. The minimum atomic E-state index is 0.422. The molecule has 2 aliphatic rings. The Kier molecular flexibility index (Phi) is 12.4. The summed E-state index contributed by atoms with van der Waals surface area (Å²) in [5.74, 6) is 4.04. The molecule has 4 aromatic rings. The summed E-state index contributed by atoms with van der Waals surface area (Å²) in [5.41, 5.74) is 3.33. The predicted molar refractivity (Wildman–Crippen MR) is 179 cm³/mol. The topological polar surface area (TPSA) is 164 Å². The van der Waals surface area contributed by atoms with Gasteiger partial charge in [0.25, 0.3) is 0 Å². The zero-order valence-electron chi connectivity index (χ0n) is 26.1. The fourth-order valence-corrected chi connectivity index (χ4v) is 4.25. The first-order chi connectivity index (χ1) is 22.0. The highest BCUT2D eigenvalue weighted by molar-refractivity contribution is 9.10. The fraction of sp³-hybridized carbons (Fsp3) is 0.355. The van der Waals surface area contributed by atoms with Gasteiger partial charge in [-0.05, 0) is 53.7 Å². The Morgan fingerprint density at radius 2 is 1.36 bits per heavy atom. The Balaban J connectivity index is 0.000000216. The molecule has 45 heavy (non-hydrogen) atoms. The number of halogens is 1. The summed E-state index contributed by atoms with van der Waals surface area (Å²) in [4.78, 5) is 17.4. The van der Waals surface area contributed by atoms with Gasteiger partial charge in [-0.25, -0.2) is 15.2 Å². The van der Waals surface area contributed by atoms with Crippen molar-refractivity contribution >= 4 is 56.5 Å². The second-order valence-corrected chi connectivity index (χ2v) is 10.7. The first-order valence-electron chi connectivity index (χ1n) is 14.8. The van der Waals surface area contributed by atoms with E-state index in [1.165, 1.54) is 25.7 Å². The van der Waals surface area contributed by atoms with Crippen LogP contribution in [0, 0.1) is 0 Å². The number of nitrogens with zero attached hydrogens (tertiary/aromatic N) is 4. The smallest absolute Gasteiger partial charge is 0.229 e. The van der Waals surface area contributed by atoms with Crippen molar-refractivity contribution < 1.29 is 24.9 Å². The molecule has 0 spiro atoms. The lowest BCUT2D eigenvalue weighted by atomic mass is 10.2. The molecule has 0 radical (unpaired) electrons. The quantitative estimate of drug-likeness (QED) is 0.0969. The van der Waals surface area contributed by atoms with Crippen molar-refractivity contribution in [2.45, 2.75) is 51.6 Å². The number of anilines is 6. The number of para-hydroxylation sites is 1. The Labute approximate surface area is 271 Å². The van der Waals surface area contributed by atoms with E-state index in [4.69, 9.17) is 19.4 Å². The highest BCUT2D eigenvalue weighted by Crippen LogP contribution is 2.40. The van der Waals surface area contributed by atoms with Gasteiger partial charge in [0, 0.05) is 41.8 Å². The summed E-state index contributed by atoms with van der Waals surface area (Å²) < 4.78 is 16.8. The van der Waals surface area contributed by atoms with Crippen LogP contribution in [0.4, 0.5) is 40.6 Å². The predicted octanol–water partition coefficient (Wildman–Crippen LogP) is 5.99. The summed E-state index contributed by atoms with van der Waals surface area (Å²) in [6.07, 6.45) is 8.08. The van der Waals surface area contributed by atoms with Gasteiger partial charge in [-0.15, -0.1) is 0 Å². The molecule has 0 bridgehead atoms. The second-order valence-electron chi connectivity index (χ2n) is 9.88. The van der Waals surface area contributed by atoms with Crippen molar-refractivity contribution in [3.63, 3.8) is 0 Å². The molecule has 2 aliphatic carbocycles. The van der Waals surface area contributed by atoms with Crippen LogP contribution in [-0.2, 0) is 0 Å². The summed E-state index contributed by atoms with van der Waals surface area (Å²) >= 11 is 3.47. The average molecular weight is 684 g/mol. The maximum absolute atomic E-state index is 9.07. The minimum absolute atomic E-state index is 0.422. The Morgan fingerprint density at radius 1 is 0.756 bits per heavy atom. The molecule has 6 rings (SSSR count). The highest BCUT2D eigenvalue weighted by Gasteiger charge is 2.26. The molecule has 0 unspecified atom stereocenters. The fourth-order valence-electron chi connectivity index (χ4n) is 3.96. The molecule has 0 atom stereocenters. The van der Waals surface area contributed by atoms with Crippen molar-refractivity contribution in [1.82, 2.24) is 19.9 Å². The second kappa shape index (κ2) is 16.6. The van der Waals surface area contributed by atoms with Crippen LogP contribution in [0.5, 0.6) is 17.2 Å². The molecule has 240 valence electrons. The van der Waals surface area contributed by atoms with Gasteiger partial charge in [0.2, 0.25) is 23.3 Å². The number of rotatable bonds is 12. The molecule has 0 aliphatic heterocycles. The van der Waals surface area contributed by atoms with Crippen LogP contribution in [0.15, 0.2) is 59.3 Å². The van der Waals surface area contributed by atoms with Crippen LogP contribution >= 0.6 is 15.9 Å². The van der Waals surface area contributed by atoms with Gasteiger partial charge in [-0.1, -0.05) is 32.0 Å². The molecule has 2 aromatic carbocycles. The molecule has 14 heteroatoms. The van der Waals surface area contributed by atoms with E-state index >= 15 is 0 Å². The zero-order chi connectivity index (χ0) is 32.2. The minimum Gasteiger partial charge on any atom is -0.493 e. The summed E-state index contributed by atoms with van der Waals surface area (Å²) in [7, 11) is 4.70. The Bertz CT molecular complexity index is 1500. The molecular weight excluding hydrogens is 642 g/mol. The Hall–Kier alpha value is -4.40. The van der Waals surface area contributed by atoms with Crippen molar-refractivity contribution in [2.75, 3.05) is 42.6 Å². The van der Waals surface area contributed by atoms with Crippen LogP contribution in [0.2, 0.25) is 0 Å². The van der Waals surface area contributed by atoms with E-state index in [1.54, 1.807) is 45.9 Å². The highest BCUT2D eigenvalue weighted by atomic mass is 79.9. The third-order valence-electron chi connectivity index (χ3n) is 6.49. The number of benzene rings is 2. The standard InChI is InChI=1S/C19H19BrN4O3.C10H15N5O.C2H6/c1-25-15-9-13(10-16(26-2)17(15)27-3)23-19-21-11-14(20)18(24-19)22-12-7-5-4-6-8-12;16-15-8-5-11-10(13-7-3-4-7)14-9(8)12-6-1-2-6;1-2/h4-11H,1-3H3,(H2,21,22,23,24);5-7,15-16H,1-4H2,(H2,11,12,13,14);1-2H3/p+1. The number of aromatic nitrogens is 4. The van der Waals surface area contributed by atoms with Gasteiger partial charge >= 0.3 is 0 Å². The number of nitrogens with two attached hydrogens (primary N) is 1. The third kappa shape index (κ3) is 9.80. The van der Waals surface area contributed by atoms with Gasteiger partial charge in [0.1, 0.15) is 5.82 Å². The molecule has 2 heterocycles. The van der Waals surface area contributed by atoms with E-state index in [2.05, 4.69) is 57.1 Å². The molecule has 2 saturated carbocycles. The van der Waals surface area contributed by atoms with E-state index in [-0.39, 0.29) is 0 Å². The lowest BCUT2D eigenvalue weighted by Crippen LogP contribution is -2.74. The maximum Gasteiger partial charge on any atom is 0.229 e. The SMILES string of the molecule is CC.COc1cc(Nc2ncc(Br)c(Nc3ccccc3)n2)cc(OC)c1OC.O[NH2+]c1cnc(NC2CC2)nc1NC1CC1. The molecule has 0 saturated heterocycles. The molecule has 13 nitrogen and oxygen atoms in total. The van der Waals surface area contributed by atoms with Crippen LogP contribution < -0.4 is 41.0 Å². The van der Waals surface area contributed by atoms with Crippen molar-refractivity contribution in [1.29, 1.82) is 0 Å². The number of hydrogen-bond acceptors (Lipinski definition) is 12. The third-order valence-corrected chi connectivity index (χ3v) is 7.07. The first-order valence-corrected chi connectivity index (χ1v) is 15.6. The van der Waals surface area contributed by atoms with Crippen LogP contribution in [0.1, 0.15) is 39.5 Å². The first kappa shape index (κ1) is 33.5. The van der Waals surface area contributed by atoms with Crippen LogP contribution in [0.3, 0.4) is 0 Å². The summed E-state index contributed by atoms with van der Waals surface area (Å²) in [6, 6.07) is 14.4. The number of ether oxygens (including phenoxy) is 3. The maximum atomic E-state index is 9.07. The average Bonchev–Trinajstić information content (AvgIpc) is 4.02. The lowest BCUT2D eigenvalue weighted by Gasteiger charge is -2.15. The van der Waals surface area contributed by atoms with Crippen molar-refractivity contribution in [3.05, 3.63) is 59.3 Å². The van der Waals surface area contributed by atoms with Gasteiger partial charge in [-0.3, -0.25) is 0 Å². The van der Waals surface area contributed by atoms with Gasteiger partial charge in [0.15, 0.2) is 17.3 Å². The number of quaternary nitrogens is 1. The number of nitrogens with one attached hydrogen (secondary N) is 4. The van der Waals surface area contributed by atoms with Gasteiger partial charge in [0.05, 0.1) is 32.0 Å². The molecule has 2 fully saturated rings. The van der Waals surface area contributed by atoms with Crippen molar-refractivity contribution in [2.24, 2.45) is 0 Å². The summed E-state index contributed by atoms with van der Waals surface area (Å²) in [5, 5.41) is 22.0. The monoisotopic (exact) mass is 682 g/mol. The van der Waals surface area contributed by atoms with Crippen LogP contribution in [0.25, 0.3) is 0 Å². The van der Waals surface area contributed by atoms with Gasteiger partial charge in [-0.2, -0.15) is 15.4 Å². The van der Waals surface area contributed by atoms with E-state index in [0.717, 1.165) is 21.5 Å². The Morgan fingerprint density at radius 3 is 1.93 bits per heavy atom. The summed E-state index contributed by atoms with van der Waals surface area (Å²) in [6.45, 7) is 4.00. The lowest BCUT2D eigenvalue weighted by molar-refractivity contribution is -0.825. The van der Waals surface area contributed by atoms with E-state index in [1.807, 2.05) is 44.2 Å². The zero-order valence-corrected chi connectivity index (χ0v) is 27.7.